The Morgan fingerprint density at radius 2 is 1.77 bits per heavy atom. The quantitative estimate of drug-likeness (QED) is 0.697. The van der Waals surface area contributed by atoms with Crippen molar-refractivity contribution in [3.63, 3.8) is 0 Å². The summed E-state index contributed by atoms with van der Waals surface area (Å²) >= 11 is 0. The van der Waals surface area contributed by atoms with Crippen LogP contribution < -0.4 is 0 Å². The molecule has 0 heterocycles. The standard InChI is InChI=1S/C8H16O.C2H4O2/c9-7-6-8-4-2-1-3-5-8;1-2(3)4/h8-9H,1-7H2;1H3,(H,3,4). The van der Waals surface area contributed by atoms with E-state index in [-0.39, 0.29) is 0 Å². The van der Waals surface area contributed by atoms with Crippen LogP contribution in [0, 0.1) is 5.92 Å². The molecule has 1 rings (SSSR count). The van der Waals surface area contributed by atoms with Crippen molar-refractivity contribution in [1.29, 1.82) is 0 Å². The first-order valence-corrected chi connectivity index (χ1v) is 4.97. The Morgan fingerprint density at radius 3 is 2.15 bits per heavy atom. The maximum atomic E-state index is 9.00. The van der Waals surface area contributed by atoms with Crippen LogP contribution in [0.15, 0.2) is 0 Å². The summed E-state index contributed by atoms with van der Waals surface area (Å²) in [5, 5.41) is 16.0. The van der Waals surface area contributed by atoms with Crippen LogP contribution in [0.4, 0.5) is 0 Å². The van der Waals surface area contributed by atoms with Gasteiger partial charge in [-0.25, -0.2) is 0 Å². The third kappa shape index (κ3) is 9.34. The van der Waals surface area contributed by atoms with Crippen LogP contribution in [0.3, 0.4) is 0 Å². The molecule has 78 valence electrons. The zero-order chi connectivity index (χ0) is 10.1. The third-order valence-corrected chi connectivity index (χ3v) is 2.26. The third-order valence-electron chi connectivity index (χ3n) is 2.26. The predicted molar refractivity (Wildman–Crippen MR) is 51.6 cm³/mol. The summed E-state index contributed by atoms with van der Waals surface area (Å²) in [6.07, 6.45) is 7.97. The summed E-state index contributed by atoms with van der Waals surface area (Å²) in [6.45, 7) is 1.48. The Kier molecular flexibility index (Phi) is 7.69. The fourth-order valence-corrected chi connectivity index (χ4v) is 1.66. The Hall–Kier alpha value is -0.570. The molecule has 0 aliphatic heterocycles. The SMILES string of the molecule is CC(=O)O.OCCC1CCCCC1. The molecule has 1 fully saturated rings. The van der Waals surface area contributed by atoms with Gasteiger partial charge in [-0.15, -0.1) is 0 Å². The van der Waals surface area contributed by atoms with Crippen molar-refractivity contribution in [3.05, 3.63) is 0 Å². The summed E-state index contributed by atoms with van der Waals surface area (Å²) in [4.78, 5) is 9.00. The van der Waals surface area contributed by atoms with Crippen molar-refractivity contribution >= 4 is 5.97 Å². The van der Waals surface area contributed by atoms with E-state index in [0.29, 0.717) is 6.61 Å². The number of hydrogen-bond donors (Lipinski definition) is 2. The number of carboxylic acids is 1. The van der Waals surface area contributed by atoms with E-state index in [1.807, 2.05) is 0 Å². The molecule has 0 spiro atoms. The van der Waals surface area contributed by atoms with E-state index in [1.54, 1.807) is 0 Å². The average Bonchev–Trinajstić information content (AvgIpc) is 2.06. The molecule has 0 amide bonds. The van der Waals surface area contributed by atoms with Crippen LogP contribution in [-0.4, -0.2) is 22.8 Å². The number of aliphatic hydroxyl groups is 1. The first-order chi connectivity index (χ1) is 6.16. The highest BCUT2D eigenvalue weighted by molar-refractivity contribution is 5.62. The zero-order valence-electron chi connectivity index (χ0n) is 8.33. The van der Waals surface area contributed by atoms with E-state index in [0.717, 1.165) is 19.3 Å². The van der Waals surface area contributed by atoms with E-state index in [9.17, 15) is 0 Å². The topological polar surface area (TPSA) is 57.5 Å². The lowest BCUT2D eigenvalue weighted by atomic mass is 9.87. The molecule has 1 saturated carbocycles. The number of rotatable bonds is 2. The minimum absolute atomic E-state index is 0.394. The van der Waals surface area contributed by atoms with Crippen LogP contribution in [0.1, 0.15) is 45.4 Å². The lowest BCUT2D eigenvalue weighted by Gasteiger charge is -2.19. The number of aliphatic carboxylic acids is 1. The van der Waals surface area contributed by atoms with Crippen molar-refractivity contribution in [2.75, 3.05) is 6.61 Å². The van der Waals surface area contributed by atoms with Gasteiger partial charge in [0.25, 0.3) is 5.97 Å². The fraction of sp³-hybridized carbons (Fsp3) is 0.900. The molecule has 0 atom stereocenters. The maximum Gasteiger partial charge on any atom is 0.300 e. The van der Waals surface area contributed by atoms with Gasteiger partial charge in [0.2, 0.25) is 0 Å². The number of hydrogen-bond acceptors (Lipinski definition) is 2. The highest BCUT2D eigenvalue weighted by Gasteiger charge is 2.11. The molecule has 1 aliphatic carbocycles. The maximum absolute atomic E-state index is 9.00. The van der Waals surface area contributed by atoms with Crippen LogP contribution >= 0.6 is 0 Å². The van der Waals surface area contributed by atoms with Crippen molar-refractivity contribution in [3.8, 4) is 0 Å². The zero-order valence-corrected chi connectivity index (χ0v) is 8.33. The van der Waals surface area contributed by atoms with E-state index in [1.165, 1.54) is 32.1 Å². The number of carbonyl (C=O) groups is 1. The summed E-state index contributed by atoms with van der Waals surface area (Å²) < 4.78 is 0. The molecule has 0 unspecified atom stereocenters. The highest BCUT2D eigenvalue weighted by atomic mass is 16.4. The molecule has 1 aliphatic rings. The lowest BCUT2D eigenvalue weighted by molar-refractivity contribution is -0.134. The van der Waals surface area contributed by atoms with Crippen molar-refractivity contribution in [2.45, 2.75) is 45.4 Å². The Bertz CT molecular complexity index is 121. The Morgan fingerprint density at radius 1 is 1.31 bits per heavy atom. The molecule has 13 heavy (non-hydrogen) atoms. The smallest absolute Gasteiger partial charge is 0.300 e. The van der Waals surface area contributed by atoms with Gasteiger partial charge in [0, 0.05) is 13.5 Å². The summed E-state index contributed by atoms with van der Waals surface area (Å²) in [5.41, 5.74) is 0. The van der Waals surface area contributed by atoms with Crippen molar-refractivity contribution < 1.29 is 15.0 Å². The van der Waals surface area contributed by atoms with Gasteiger partial charge in [-0.2, -0.15) is 0 Å². The Balaban J connectivity index is 0.000000310. The van der Waals surface area contributed by atoms with Gasteiger partial charge in [0.05, 0.1) is 0 Å². The van der Waals surface area contributed by atoms with Gasteiger partial charge in [0.15, 0.2) is 0 Å². The van der Waals surface area contributed by atoms with E-state index in [4.69, 9.17) is 15.0 Å². The summed E-state index contributed by atoms with van der Waals surface area (Å²) in [6, 6.07) is 0. The first kappa shape index (κ1) is 12.4. The average molecular weight is 188 g/mol. The molecule has 0 aromatic rings. The molecule has 3 nitrogen and oxygen atoms in total. The van der Waals surface area contributed by atoms with Gasteiger partial charge < -0.3 is 10.2 Å². The summed E-state index contributed by atoms with van der Waals surface area (Å²) in [5.74, 6) is 0.0174. The van der Waals surface area contributed by atoms with Crippen LogP contribution in [-0.2, 0) is 4.79 Å². The van der Waals surface area contributed by atoms with Gasteiger partial charge in [-0.3, -0.25) is 4.79 Å². The van der Waals surface area contributed by atoms with Gasteiger partial charge in [-0.05, 0) is 12.3 Å². The van der Waals surface area contributed by atoms with Gasteiger partial charge >= 0.3 is 0 Å². The molecule has 0 bridgehead atoms. The first-order valence-electron chi connectivity index (χ1n) is 4.97. The largest absolute Gasteiger partial charge is 0.481 e. The minimum Gasteiger partial charge on any atom is -0.481 e. The normalized spacial score (nSPS) is 17.4. The van der Waals surface area contributed by atoms with Crippen molar-refractivity contribution in [2.24, 2.45) is 5.92 Å². The van der Waals surface area contributed by atoms with Gasteiger partial charge in [0.1, 0.15) is 0 Å². The molecule has 2 N–H and O–H groups in total. The molecule has 0 saturated heterocycles. The Labute approximate surface area is 79.8 Å². The van der Waals surface area contributed by atoms with E-state index >= 15 is 0 Å². The van der Waals surface area contributed by atoms with Crippen LogP contribution in [0.5, 0.6) is 0 Å². The fourth-order valence-electron chi connectivity index (χ4n) is 1.66. The molecule has 0 radical (unpaired) electrons. The molecular weight excluding hydrogens is 168 g/mol. The lowest BCUT2D eigenvalue weighted by Crippen LogP contribution is -2.07. The van der Waals surface area contributed by atoms with Gasteiger partial charge in [-0.1, -0.05) is 32.1 Å². The second-order valence-electron chi connectivity index (χ2n) is 3.54. The number of aliphatic hydroxyl groups excluding tert-OH is 1. The van der Waals surface area contributed by atoms with Crippen molar-refractivity contribution in [1.82, 2.24) is 0 Å². The van der Waals surface area contributed by atoms with Crippen LogP contribution in [0.2, 0.25) is 0 Å². The molecular formula is C10H20O3. The number of carboxylic acid groups (broad SMARTS) is 1. The minimum atomic E-state index is -0.833. The van der Waals surface area contributed by atoms with Crippen LogP contribution in [0.25, 0.3) is 0 Å². The molecule has 3 heteroatoms. The summed E-state index contributed by atoms with van der Waals surface area (Å²) in [7, 11) is 0. The van der Waals surface area contributed by atoms with E-state index < -0.39 is 5.97 Å². The molecule has 0 aromatic carbocycles. The monoisotopic (exact) mass is 188 g/mol. The second kappa shape index (κ2) is 8.05. The second-order valence-corrected chi connectivity index (χ2v) is 3.54. The highest BCUT2D eigenvalue weighted by Crippen LogP contribution is 2.25. The predicted octanol–water partition coefficient (Wildman–Crippen LogP) is 2.04. The molecule has 0 aromatic heterocycles. The van der Waals surface area contributed by atoms with E-state index in [2.05, 4.69) is 0 Å².